The monoisotopic (exact) mass is 328 g/mol. The molecular formula is C17H16N2O5. The molecule has 2 aromatic rings. The third kappa shape index (κ3) is 4.16. The molecule has 1 N–H and O–H groups in total. The number of ether oxygens (including phenoxy) is 1. The average molecular weight is 328 g/mol. The summed E-state index contributed by atoms with van der Waals surface area (Å²) in [5.74, 6) is -1.18. The Morgan fingerprint density at radius 2 is 1.83 bits per heavy atom. The number of hydrogen-bond acceptors (Lipinski definition) is 5. The maximum absolute atomic E-state index is 12.1. The Morgan fingerprint density at radius 1 is 1.17 bits per heavy atom. The Balaban J connectivity index is 2.02. The van der Waals surface area contributed by atoms with Gasteiger partial charge in [0.2, 0.25) is 0 Å². The van der Waals surface area contributed by atoms with Gasteiger partial charge in [-0.2, -0.15) is 0 Å². The highest BCUT2D eigenvalue weighted by molar-refractivity contribution is 5.97. The van der Waals surface area contributed by atoms with Gasteiger partial charge in [-0.3, -0.25) is 14.9 Å². The van der Waals surface area contributed by atoms with E-state index in [1.807, 2.05) is 6.07 Å². The quantitative estimate of drug-likeness (QED) is 0.516. The number of nitro groups is 1. The standard InChI is InChI=1S/C17H16N2O5/c1-11-10-13(8-9-15(11)19(22)23)17(21)24-12(2)16(20)18-14-6-4-3-5-7-14/h3-10,12H,1-2H3,(H,18,20)/t12-/m1/s1. The summed E-state index contributed by atoms with van der Waals surface area (Å²) >= 11 is 0. The molecule has 0 heterocycles. The number of carbonyl (C=O) groups excluding carboxylic acids is 2. The molecule has 0 aromatic heterocycles. The lowest BCUT2D eigenvalue weighted by Gasteiger charge is -2.13. The van der Waals surface area contributed by atoms with Crippen molar-refractivity contribution in [1.29, 1.82) is 0 Å². The lowest BCUT2D eigenvalue weighted by atomic mass is 10.1. The van der Waals surface area contributed by atoms with Crippen molar-refractivity contribution in [1.82, 2.24) is 0 Å². The van der Waals surface area contributed by atoms with Gasteiger partial charge >= 0.3 is 5.97 Å². The normalized spacial score (nSPS) is 11.4. The number of nitro benzene ring substituents is 1. The van der Waals surface area contributed by atoms with Crippen molar-refractivity contribution in [2.75, 3.05) is 5.32 Å². The minimum Gasteiger partial charge on any atom is -0.449 e. The predicted octanol–water partition coefficient (Wildman–Crippen LogP) is 3.09. The van der Waals surface area contributed by atoms with E-state index in [9.17, 15) is 19.7 Å². The lowest BCUT2D eigenvalue weighted by Crippen LogP contribution is -2.30. The van der Waals surface area contributed by atoms with E-state index in [1.165, 1.54) is 32.0 Å². The Hall–Kier alpha value is -3.22. The van der Waals surface area contributed by atoms with Crippen LogP contribution in [0, 0.1) is 17.0 Å². The molecule has 0 bridgehead atoms. The number of anilines is 1. The maximum Gasteiger partial charge on any atom is 0.338 e. The number of amides is 1. The molecule has 0 radical (unpaired) electrons. The van der Waals surface area contributed by atoms with Gasteiger partial charge in [0.05, 0.1) is 10.5 Å². The highest BCUT2D eigenvalue weighted by Gasteiger charge is 2.20. The van der Waals surface area contributed by atoms with Crippen LogP contribution in [0.5, 0.6) is 0 Å². The molecule has 0 fully saturated rings. The van der Waals surface area contributed by atoms with Crippen molar-refractivity contribution >= 4 is 23.3 Å². The van der Waals surface area contributed by atoms with Gasteiger partial charge < -0.3 is 10.1 Å². The maximum atomic E-state index is 12.1. The minimum absolute atomic E-state index is 0.0820. The summed E-state index contributed by atoms with van der Waals surface area (Å²) in [6.07, 6.45) is -1.01. The van der Waals surface area contributed by atoms with Gasteiger partial charge in [-0.15, -0.1) is 0 Å². The van der Waals surface area contributed by atoms with E-state index in [0.717, 1.165) is 0 Å². The number of nitrogens with one attached hydrogen (secondary N) is 1. The van der Waals surface area contributed by atoms with Gasteiger partial charge in [-0.25, -0.2) is 4.79 Å². The Morgan fingerprint density at radius 3 is 2.42 bits per heavy atom. The van der Waals surface area contributed by atoms with Crippen molar-refractivity contribution in [3.05, 3.63) is 69.8 Å². The fourth-order valence-electron chi connectivity index (χ4n) is 2.03. The molecule has 0 aliphatic carbocycles. The molecule has 0 spiro atoms. The summed E-state index contributed by atoms with van der Waals surface area (Å²) in [5.41, 5.74) is 1.01. The smallest absolute Gasteiger partial charge is 0.338 e. The van der Waals surface area contributed by atoms with Crippen LogP contribution in [0.3, 0.4) is 0 Å². The number of para-hydroxylation sites is 1. The van der Waals surface area contributed by atoms with Crippen molar-refractivity contribution in [3.8, 4) is 0 Å². The van der Waals surface area contributed by atoms with Crippen molar-refractivity contribution in [2.45, 2.75) is 20.0 Å². The Kier molecular flexibility index (Phi) is 5.26. The zero-order valence-electron chi connectivity index (χ0n) is 13.2. The van der Waals surface area contributed by atoms with Crippen LogP contribution in [0.15, 0.2) is 48.5 Å². The van der Waals surface area contributed by atoms with E-state index in [4.69, 9.17) is 4.74 Å². The van der Waals surface area contributed by atoms with E-state index in [2.05, 4.69) is 5.32 Å². The number of aryl methyl sites for hydroxylation is 1. The molecular weight excluding hydrogens is 312 g/mol. The number of esters is 1. The second-order valence-corrected chi connectivity index (χ2v) is 5.16. The Bertz CT molecular complexity index is 774. The van der Waals surface area contributed by atoms with Gasteiger partial charge in [0.25, 0.3) is 11.6 Å². The molecule has 2 aromatic carbocycles. The second kappa shape index (κ2) is 7.36. The summed E-state index contributed by atoms with van der Waals surface area (Å²) < 4.78 is 5.10. The minimum atomic E-state index is -1.01. The van der Waals surface area contributed by atoms with Crippen molar-refractivity contribution < 1.29 is 19.2 Å². The summed E-state index contributed by atoms with van der Waals surface area (Å²) in [6.45, 7) is 2.98. The van der Waals surface area contributed by atoms with E-state index < -0.39 is 22.9 Å². The number of nitrogens with zero attached hydrogens (tertiary/aromatic N) is 1. The molecule has 1 atom stereocenters. The molecule has 0 saturated carbocycles. The van der Waals surface area contributed by atoms with Crippen LogP contribution in [0.2, 0.25) is 0 Å². The molecule has 0 unspecified atom stereocenters. The fourth-order valence-corrected chi connectivity index (χ4v) is 2.03. The van der Waals surface area contributed by atoms with Crippen LogP contribution < -0.4 is 5.32 Å². The summed E-state index contributed by atoms with van der Waals surface area (Å²) in [6, 6.07) is 12.7. The second-order valence-electron chi connectivity index (χ2n) is 5.16. The van der Waals surface area contributed by atoms with Gasteiger partial charge in [0.1, 0.15) is 0 Å². The summed E-state index contributed by atoms with van der Waals surface area (Å²) in [7, 11) is 0. The first-order valence-electron chi connectivity index (χ1n) is 7.20. The lowest BCUT2D eigenvalue weighted by molar-refractivity contribution is -0.385. The van der Waals surface area contributed by atoms with E-state index in [0.29, 0.717) is 11.3 Å². The molecule has 0 aliphatic rings. The van der Waals surface area contributed by atoms with E-state index in [-0.39, 0.29) is 11.3 Å². The summed E-state index contributed by atoms with van der Waals surface area (Å²) in [4.78, 5) is 34.3. The number of benzene rings is 2. The van der Waals surface area contributed by atoms with Gasteiger partial charge in [0.15, 0.2) is 6.10 Å². The van der Waals surface area contributed by atoms with Crippen LogP contribution in [-0.2, 0) is 9.53 Å². The first-order chi connectivity index (χ1) is 11.4. The molecule has 1 amide bonds. The molecule has 2 rings (SSSR count). The Labute approximate surface area is 138 Å². The zero-order chi connectivity index (χ0) is 17.7. The van der Waals surface area contributed by atoms with Crippen LogP contribution in [0.1, 0.15) is 22.8 Å². The van der Waals surface area contributed by atoms with E-state index >= 15 is 0 Å². The molecule has 124 valence electrons. The third-order valence-corrected chi connectivity index (χ3v) is 3.32. The predicted molar refractivity (Wildman–Crippen MR) is 87.8 cm³/mol. The van der Waals surface area contributed by atoms with E-state index in [1.54, 1.807) is 24.3 Å². The highest BCUT2D eigenvalue weighted by Crippen LogP contribution is 2.19. The van der Waals surface area contributed by atoms with Crippen LogP contribution >= 0.6 is 0 Å². The third-order valence-electron chi connectivity index (χ3n) is 3.32. The fraction of sp³-hybridized carbons (Fsp3) is 0.176. The first-order valence-corrected chi connectivity index (χ1v) is 7.20. The SMILES string of the molecule is Cc1cc(C(=O)O[C@H](C)C(=O)Nc2ccccc2)ccc1[N+](=O)[O-]. The molecule has 24 heavy (non-hydrogen) atoms. The molecule has 0 aliphatic heterocycles. The zero-order valence-corrected chi connectivity index (χ0v) is 13.2. The number of rotatable bonds is 5. The first kappa shape index (κ1) is 17.1. The average Bonchev–Trinajstić information content (AvgIpc) is 2.55. The van der Waals surface area contributed by atoms with Crippen LogP contribution in [0.4, 0.5) is 11.4 Å². The molecule has 0 saturated heterocycles. The largest absolute Gasteiger partial charge is 0.449 e. The topological polar surface area (TPSA) is 98.5 Å². The number of carbonyl (C=O) groups is 2. The number of hydrogen-bond donors (Lipinski definition) is 1. The molecule has 7 heteroatoms. The van der Waals surface area contributed by atoms with Crippen molar-refractivity contribution in [3.63, 3.8) is 0 Å². The van der Waals surface area contributed by atoms with Gasteiger partial charge in [0, 0.05) is 17.3 Å². The van der Waals surface area contributed by atoms with Gasteiger partial charge in [-0.1, -0.05) is 18.2 Å². The van der Waals surface area contributed by atoms with Crippen LogP contribution in [0.25, 0.3) is 0 Å². The molecule has 7 nitrogen and oxygen atoms in total. The van der Waals surface area contributed by atoms with Crippen LogP contribution in [-0.4, -0.2) is 22.9 Å². The van der Waals surface area contributed by atoms with Crippen molar-refractivity contribution in [2.24, 2.45) is 0 Å². The highest BCUT2D eigenvalue weighted by atomic mass is 16.6. The summed E-state index contributed by atoms with van der Waals surface area (Å²) in [5, 5.41) is 13.4. The van der Waals surface area contributed by atoms with Gasteiger partial charge in [-0.05, 0) is 38.1 Å².